The molecule has 1 saturated heterocycles. The summed E-state index contributed by atoms with van der Waals surface area (Å²) in [6.45, 7) is 5.47. The molecule has 29 heavy (non-hydrogen) atoms. The molecule has 0 bridgehead atoms. The van der Waals surface area contributed by atoms with E-state index in [1.165, 1.54) is 0 Å². The van der Waals surface area contributed by atoms with Gasteiger partial charge in [-0.05, 0) is 62.8 Å². The van der Waals surface area contributed by atoms with Crippen LogP contribution in [0.25, 0.3) is 0 Å². The number of carbonyl (C=O) groups excluding carboxylic acids is 2. The molecular weight excluding hydrogens is 368 g/mol. The van der Waals surface area contributed by atoms with Crippen LogP contribution < -0.4 is 5.32 Å². The van der Waals surface area contributed by atoms with Crippen molar-refractivity contribution in [2.24, 2.45) is 0 Å². The predicted molar refractivity (Wildman–Crippen MR) is 109 cm³/mol. The van der Waals surface area contributed by atoms with Crippen LogP contribution in [0.15, 0.2) is 18.2 Å². The van der Waals surface area contributed by atoms with E-state index < -0.39 is 5.41 Å². The molecular formula is C22H28N4O3. The standard InChI is InChI=1S/C22H28N4O3/c1-2-29-21(28)26-11-3-10-25(12-13-26)17-6-8-22(9-7-17)18-14-16(15-23)4-5-19(18)24-20(22)27/h4-5,14,17H,2-3,6-13H2,1H3,(H,24,27). The first-order valence-electron chi connectivity index (χ1n) is 10.6. The number of hydrogen-bond donors (Lipinski definition) is 1. The second kappa shape index (κ2) is 8.03. The summed E-state index contributed by atoms with van der Waals surface area (Å²) in [5, 5.41) is 12.3. The zero-order valence-electron chi connectivity index (χ0n) is 16.9. The summed E-state index contributed by atoms with van der Waals surface area (Å²) in [5.74, 6) is 0.0744. The number of fused-ring (bicyclic) bond motifs is 2. The van der Waals surface area contributed by atoms with Crippen molar-refractivity contribution in [1.82, 2.24) is 9.80 Å². The Bertz CT molecular complexity index is 839. The van der Waals surface area contributed by atoms with Gasteiger partial charge in [-0.2, -0.15) is 5.26 Å². The smallest absolute Gasteiger partial charge is 0.409 e. The van der Waals surface area contributed by atoms with Gasteiger partial charge in [0.15, 0.2) is 0 Å². The van der Waals surface area contributed by atoms with Crippen LogP contribution in [0.2, 0.25) is 0 Å². The zero-order chi connectivity index (χ0) is 20.4. The molecule has 1 N–H and O–H groups in total. The number of anilines is 1. The van der Waals surface area contributed by atoms with Crippen molar-refractivity contribution in [1.29, 1.82) is 5.26 Å². The fourth-order valence-corrected chi connectivity index (χ4v) is 5.14. The molecule has 0 aromatic heterocycles. The minimum absolute atomic E-state index is 0.0744. The SMILES string of the molecule is CCOC(=O)N1CCCN(C2CCC3(CC2)C(=O)Nc2ccc(C#N)cc23)CC1. The van der Waals surface area contributed by atoms with Crippen LogP contribution >= 0.6 is 0 Å². The number of nitrogens with one attached hydrogen (secondary N) is 1. The van der Waals surface area contributed by atoms with Crippen molar-refractivity contribution >= 4 is 17.7 Å². The van der Waals surface area contributed by atoms with Crippen LogP contribution in [0.1, 0.15) is 50.2 Å². The summed E-state index contributed by atoms with van der Waals surface area (Å²) in [6, 6.07) is 8.12. The third-order valence-corrected chi connectivity index (χ3v) is 6.73. The predicted octanol–water partition coefficient (Wildman–Crippen LogP) is 2.85. The maximum Gasteiger partial charge on any atom is 0.409 e. The minimum atomic E-state index is -0.499. The van der Waals surface area contributed by atoms with E-state index in [4.69, 9.17) is 4.74 Å². The Morgan fingerprint density at radius 3 is 2.79 bits per heavy atom. The van der Waals surface area contributed by atoms with Gasteiger partial charge in [-0.3, -0.25) is 9.69 Å². The molecule has 1 aliphatic carbocycles. The third kappa shape index (κ3) is 3.58. The molecule has 3 aliphatic rings. The Hall–Kier alpha value is -2.59. The summed E-state index contributed by atoms with van der Waals surface area (Å²) in [7, 11) is 0. The normalized spacial score (nSPS) is 27.1. The van der Waals surface area contributed by atoms with E-state index in [1.54, 1.807) is 11.0 Å². The van der Waals surface area contributed by atoms with E-state index in [-0.39, 0.29) is 12.0 Å². The molecule has 0 atom stereocenters. The monoisotopic (exact) mass is 396 g/mol. The summed E-state index contributed by atoms with van der Waals surface area (Å²) in [6.07, 6.45) is 4.21. The average Bonchev–Trinajstić information content (AvgIpc) is 2.90. The van der Waals surface area contributed by atoms with Crippen molar-refractivity contribution in [2.75, 3.05) is 38.1 Å². The van der Waals surface area contributed by atoms with Gasteiger partial charge in [-0.25, -0.2) is 4.79 Å². The van der Waals surface area contributed by atoms with Crippen molar-refractivity contribution in [3.63, 3.8) is 0 Å². The number of hydrogen-bond acceptors (Lipinski definition) is 5. The lowest BCUT2D eigenvalue weighted by atomic mass is 9.68. The Labute approximate surface area is 171 Å². The number of ether oxygens (including phenoxy) is 1. The van der Waals surface area contributed by atoms with Gasteiger partial charge in [0.2, 0.25) is 5.91 Å². The molecule has 7 nitrogen and oxygen atoms in total. The lowest BCUT2D eigenvalue weighted by molar-refractivity contribution is -0.122. The Kier molecular flexibility index (Phi) is 5.46. The van der Waals surface area contributed by atoms with Crippen molar-refractivity contribution < 1.29 is 14.3 Å². The van der Waals surface area contributed by atoms with Crippen LogP contribution in [0.4, 0.5) is 10.5 Å². The van der Waals surface area contributed by atoms with E-state index in [1.807, 2.05) is 19.1 Å². The molecule has 1 aromatic rings. The van der Waals surface area contributed by atoms with Gasteiger partial charge in [-0.1, -0.05) is 0 Å². The number of carbonyl (C=O) groups is 2. The summed E-state index contributed by atoms with van der Waals surface area (Å²) in [5.41, 5.74) is 1.95. The molecule has 154 valence electrons. The van der Waals surface area contributed by atoms with E-state index in [0.29, 0.717) is 24.8 Å². The zero-order valence-corrected chi connectivity index (χ0v) is 16.9. The molecule has 7 heteroatoms. The first-order chi connectivity index (χ1) is 14.1. The second-order valence-electron chi connectivity index (χ2n) is 8.22. The summed E-state index contributed by atoms with van der Waals surface area (Å²) in [4.78, 5) is 29.2. The van der Waals surface area contributed by atoms with Gasteiger partial charge in [-0.15, -0.1) is 0 Å². The molecule has 2 heterocycles. The molecule has 0 unspecified atom stereocenters. The van der Waals surface area contributed by atoms with E-state index >= 15 is 0 Å². The second-order valence-corrected chi connectivity index (χ2v) is 8.22. The van der Waals surface area contributed by atoms with Crippen molar-refractivity contribution in [2.45, 2.75) is 50.5 Å². The first-order valence-corrected chi connectivity index (χ1v) is 10.6. The molecule has 1 spiro atoms. The maximum atomic E-state index is 12.9. The van der Waals surface area contributed by atoms with Crippen LogP contribution in [0.3, 0.4) is 0 Å². The molecule has 2 aliphatic heterocycles. The Morgan fingerprint density at radius 1 is 1.28 bits per heavy atom. The summed E-state index contributed by atoms with van der Waals surface area (Å²) < 4.78 is 5.15. The van der Waals surface area contributed by atoms with Crippen molar-refractivity contribution in [3.8, 4) is 6.07 Å². The number of benzene rings is 1. The number of amides is 2. The highest BCUT2D eigenvalue weighted by atomic mass is 16.6. The first kappa shape index (κ1) is 19.7. The van der Waals surface area contributed by atoms with E-state index in [9.17, 15) is 14.9 Å². The van der Waals surface area contributed by atoms with Gasteiger partial charge in [0.25, 0.3) is 0 Å². The average molecular weight is 396 g/mol. The number of nitriles is 1. The molecule has 2 fully saturated rings. The minimum Gasteiger partial charge on any atom is -0.450 e. The third-order valence-electron chi connectivity index (χ3n) is 6.73. The lowest BCUT2D eigenvalue weighted by Gasteiger charge is -2.40. The number of nitrogens with zero attached hydrogens (tertiary/aromatic N) is 3. The molecule has 4 rings (SSSR count). The highest BCUT2D eigenvalue weighted by molar-refractivity contribution is 6.06. The van der Waals surface area contributed by atoms with Crippen molar-refractivity contribution in [3.05, 3.63) is 29.3 Å². The highest BCUT2D eigenvalue weighted by Crippen LogP contribution is 2.48. The number of rotatable bonds is 2. The largest absolute Gasteiger partial charge is 0.450 e. The molecule has 1 aromatic carbocycles. The van der Waals surface area contributed by atoms with Gasteiger partial charge in [0.1, 0.15) is 0 Å². The van der Waals surface area contributed by atoms with Gasteiger partial charge >= 0.3 is 6.09 Å². The molecule has 0 radical (unpaired) electrons. The lowest BCUT2D eigenvalue weighted by Crippen LogP contribution is -2.46. The quantitative estimate of drug-likeness (QED) is 0.831. The van der Waals surface area contributed by atoms with Crippen LogP contribution in [0.5, 0.6) is 0 Å². The van der Waals surface area contributed by atoms with E-state index in [0.717, 1.165) is 63.0 Å². The van der Waals surface area contributed by atoms with Gasteiger partial charge in [0.05, 0.1) is 23.7 Å². The van der Waals surface area contributed by atoms with Crippen LogP contribution in [-0.4, -0.2) is 60.6 Å². The topological polar surface area (TPSA) is 85.7 Å². The fourth-order valence-electron chi connectivity index (χ4n) is 5.14. The van der Waals surface area contributed by atoms with Crippen LogP contribution in [-0.2, 0) is 14.9 Å². The maximum absolute atomic E-state index is 12.9. The van der Waals surface area contributed by atoms with Crippen LogP contribution in [0, 0.1) is 11.3 Å². The van der Waals surface area contributed by atoms with Gasteiger partial charge < -0.3 is 15.0 Å². The molecule has 1 saturated carbocycles. The van der Waals surface area contributed by atoms with Gasteiger partial charge in [0, 0.05) is 37.9 Å². The summed E-state index contributed by atoms with van der Waals surface area (Å²) >= 11 is 0. The van der Waals surface area contributed by atoms with E-state index in [2.05, 4.69) is 16.3 Å². The molecule has 2 amide bonds. The fraction of sp³-hybridized carbons (Fsp3) is 0.591. The highest BCUT2D eigenvalue weighted by Gasteiger charge is 2.49. The Morgan fingerprint density at radius 2 is 2.07 bits per heavy atom. The Balaban J connectivity index is 1.42.